The summed E-state index contributed by atoms with van der Waals surface area (Å²) in [7, 11) is 4.26. The number of piperidine rings is 1. The maximum Gasteiger partial charge on any atom is 0.347 e. The van der Waals surface area contributed by atoms with Crippen molar-refractivity contribution >= 4 is 52.7 Å². The van der Waals surface area contributed by atoms with Crippen molar-refractivity contribution in [1.29, 1.82) is 0 Å². The molecule has 2 aromatic carbocycles. The van der Waals surface area contributed by atoms with Gasteiger partial charge >= 0.3 is 17.9 Å². The minimum atomic E-state index is -1.89. The molecule has 7 aliphatic rings. The Labute approximate surface area is 371 Å². The Kier molecular flexibility index (Phi) is 9.82. The second-order valence-electron chi connectivity index (χ2n) is 18.8. The van der Waals surface area contributed by atoms with Crippen LogP contribution in [0.1, 0.15) is 82.2 Å². The van der Waals surface area contributed by atoms with E-state index in [2.05, 4.69) is 52.1 Å². The van der Waals surface area contributed by atoms with E-state index in [-0.39, 0.29) is 12.3 Å². The number of hydrogen-bond donors (Lipinski definition) is 2. The number of esters is 3. The summed E-state index contributed by atoms with van der Waals surface area (Å²) in [5.74, 6) is -0.687. The lowest BCUT2D eigenvalue weighted by molar-refractivity contribution is -0.178. The van der Waals surface area contributed by atoms with Gasteiger partial charge < -0.3 is 33.8 Å². The number of ether oxygens (including phenoxy) is 5. The molecule has 4 fully saturated rings. The monoisotopic (exact) mass is 882 g/mol. The number of anilines is 1. The molecule has 1 unspecified atom stereocenters. The molecule has 63 heavy (non-hydrogen) atoms. The summed E-state index contributed by atoms with van der Waals surface area (Å²) >= 11 is 1.76. The molecule has 0 radical (unpaired) electrons. The Balaban J connectivity index is 1.30. The minimum absolute atomic E-state index is 0.142. The second kappa shape index (κ2) is 14.5. The number of thioether (sulfide) groups is 1. The van der Waals surface area contributed by atoms with E-state index in [9.17, 15) is 19.5 Å². The summed E-state index contributed by atoms with van der Waals surface area (Å²) < 4.78 is 31.2. The number of carbonyl (C=O) groups excluding carboxylic acids is 4. The van der Waals surface area contributed by atoms with Crippen LogP contribution < -0.4 is 9.64 Å². The zero-order valence-electron chi connectivity index (χ0n) is 37.2. The van der Waals surface area contributed by atoms with E-state index in [1.807, 2.05) is 26.0 Å². The van der Waals surface area contributed by atoms with Gasteiger partial charge in [0.15, 0.2) is 6.10 Å². The third-order valence-electron chi connectivity index (χ3n) is 16.3. The van der Waals surface area contributed by atoms with E-state index in [1.165, 1.54) is 26.0 Å². The van der Waals surface area contributed by atoms with E-state index in [0.717, 1.165) is 32.7 Å². The van der Waals surface area contributed by atoms with Gasteiger partial charge in [0.1, 0.15) is 11.2 Å². The van der Waals surface area contributed by atoms with Crippen LogP contribution in [0.25, 0.3) is 10.9 Å². The third-order valence-corrected chi connectivity index (χ3v) is 17.1. The lowest BCUT2D eigenvalue weighted by Crippen LogP contribution is -2.75. The van der Waals surface area contributed by atoms with Crippen molar-refractivity contribution in [2.24, 2.45) is 11.3 Å². The van der Waals surface area contributed by atoms with Crippen molar-refractivity contribution < 1.29 is 48.0 Å². The smallest absolute Gasteiger partial charge is 0.347 e. The molecule has 1 aliphatic carbocycles. The molecule has 336 valence electrons. The first-order valence-electron chi connectivity index (χ1n) is 22.4. The van der Waals surface area contributed by atoms with E-state index in [0.29, 0.717) is 93.9 Å². The first-order chi connectivity index (χ1) is 30.3. The Morgan fingerprint density at radius 1 is 1.02 bits per heavy atom. The highest BCUT2D eigenvalue weighted by molar-refractivity contribution is 7.99. The number of epoxide rings is 1. The molecular weight excluding hydrogens is 825 g/mol. The first-order valence-corrected chi connectivity index (χ1v) is 23.4. The number of nitrogens with zero attached hydrogens (tertiary/aromatic N) is 3. The maximum absolute atomic E-state index is 15.5. The predicted octanol–water partition coefficient (Wildman–Crippen LogP) is 5.00. The number of aromatic nitrogens is 1. The van der Waals surface area contributed by atoms with Gasteiger partial charge in [-0.2, -0.15) is 0 Å². The molecule has 3 aromatic rings. The Morgan fingerprint density at radius 3 is 2.49 bits per heavy atom. The Morgan fingerprint density at radius 2 is 1.81 bits per heavy atom. The summed E-state index contributed by atoms with van der Waals surface area (Å²) in [6, 6.07) is 9.84. The third kappa shape index (κ3) is 5.22. The number of H-pyrrole nitrogens is 1. The number of hydrogen-bond acceptors (Lipinski definition) is 13. The van der Waals surface area contributed by atoms with Crippen LogP contribution in [0.4, 0.5) is 5.69 Å². The number of benzene rings is 2. The van der Waals surface area contributed by atoms with Gasteiger partial charge in [0, 0.05) is 77.7 Å². The number of methoxy groups -OCH3 is 3. The number of aromatic amines is 1. The molecule has 10 rings (SSSR count). The van der Waals surface area contributed by atoms with Gasteiger partial charge in [0.25, 0.3) is 5.60 Å². The molecule has 1 amide bonds. The average Bonchev–Trinajstić information content (AvgIpc) is 3.50. The molecular formula is C48H58N4O10S. The topological polar surface area (TPSA) is 163 Å². The molecule has 2 bridgehead atoms. The van der Waals surface area contributed by atoms with Crippen LogP contribution in [0, 0.1) is 11.3 Å². The molecule has 1 saturated carbocycles. The van der Waals surface area contributed by atoms with Crippen molar-refractivity contribution in [3.05, 3.63) is 64.9 Å². The average molecular weight is 883 g/mol. The molecule has 3 saturated heterocycles. The summed E-state index contributed by atoms with van der Waals surface area (Å²) in [6.45, 7) is 10.6. The fourth-order valence-corrected chi connectivity index (χ4v) is 14.7. The van der Waals surface area contributed by atoms with Crippen LogP contribution in [-0.4, -0.2) is 133 Å². The molecule has 7 heterocycles. The fourth-order valence-electron chi connectivity index (χ4n) is 14.0. The fraction of sp³-hybridized carbons (Fsp3) is 0.583. The maximum atomic E-state index is 15.5. The molecule has 2 N–H and O–H groups in total. The van der Waals surface area contributed by atoms with Crippen LogP contribution in [-0.2, 0) is 55.4 Å². The molecule has 10 atom stereocenters. The number of carbonyl (C=O) groups is 4. The summed E-state index contributed by atoms with van der Waals surface area (Å²) in [4.78, 5) is 68.3. The lowest BCUT2D eigenvalue weighted by Gasteiger charge is -2.58. The number of fused-ring (bicyclic) bond motifs is 6. The Hall–Kier alpha value is -4.41. The van der Waals surface area contributed by atoms with Crippen molar-refractivity contribution in [2.75, 3.05) is 64.7 Å². The highest BCUT2D eigenvalue weighted by atomic mass is 32.2. The molecule has 14 nitrogen and oxygen atoms in total. The molecule has 2 spiro atoms. The van der Waals surface area contributed by atoms with Crippen molar-refractivity contribution in [2.45, 2.75) is 111 Å². The molecule has 6 aliphatic heterocycles. The molecule has 15 heteroatoms. The highest BCUT2D eigenvalue weighted by Gasteiger charge is 2.99. The SMILES string of the molecule is CCSc1ccc2[nH]c3c(c2c1)CCN1C[C@H](C[C@@](O)(CC)C1)C[C@]3(C(=O)OC)c1cc2c(cc1OC)N(C=O)[C@@]13O[C@]1(C(=O)OC)[C@H](OC(C)=O)[C@]1(CC)C=CCN4CC[C@]23[C@@H]41. The highest BCUT2D eigenvalue weighted by Crippen LogP contribution is 2.80. The number of aliphatic hydroxyl groups is 1. The van der Waals surface area contributed by atoms with Gasteiger partial charge in [-0.05, 0) is 92.1 Å². The standard InChI is InChI=1S/C48H58N4O10S/c1-8-43(57)23-29-24-45(41(55)59-6,38-31(14-18-50(25-29)26-43)32-20-30(63-10-3)12-13-35(32)49-38)34-21-33-36(22-37(34)58-5)52(27-53)48-46(33)16-19-51-17-11-15-44(9-2,39(46)51)40(61-28(4)54)47(48,62-48)42(56)60-7/h11-13,15,20-22,27,29,39-40,49,57H,8-10,14,16-19,23-26H2,1-7H3/t29-,39+,40-,43+,44-,45+,46-,47+,48+/m1/s1. The van der Waals surface area contributed by atoms with Gasteiger partial charge in [0.05, 0.1) is 38.0 Å². The van der Waals surface area contributed by atoms with E-state index >= 15 is 4.79 Å². The number of nitrogens with one attached hydrogen (secondary N) is 1. The second-order valence-corrected chi connectivity index (χ2v) is 20.2. The normalized spacial score (nSPS) is 37.0. The van der Waals surface area contributed by atoms with Crippen molar-refractivity contribution in [3.63, 3.8) is 0 Å². The quantitative estimate of drug-likeness (QED) is 0.0700. The minimum Gasteiger partial charge on any atom is -0.496 e. The van der Waals surface area contributed by atoms with Gasteiger partial charge in [0.2, 0.25) is 12.1 Å². The number of rotatable bonds is 10. The van der Waals surface area contributed by atoms with Gasteiger partial charge in [-0.25, -0.2) is 4.79 Å². The van der Waals surface area contributed by atoms with Crippen LogP contribution in [0.5, 0.6) is 5.75 Å². The van der Waals surface area contributed by atoms with Crippen LogP contribution in [0.15, 0.2) is 47.4 Å². The van der Waals surface area contributed by atoms with Crippen LogP contribution in [0.2, 0.25) is 0 Å². The number of amides is 1. The zero-order chi connectivity index (χ0) is 44.5. The van der Waals surface area contributed by atoms with Crippen LogP contribution >= 0.6 is 11.8 Å². The van der Waals surface area contributed by atoms with Gasteiger partial charge in [-0.1, -0.05) is 32.9 Å². The zero-order valence-corrected chi connectivity index (χ0v) is 38.0. The van der Waals surface area contributed by atoms with E-state index in [4.69, 9.17) is 23.7 Å². The van der Waals surface area contributed by atoms with Gasteiger partial charge in [-0.15, -0.1) is 11.8 Å². The first kappa shape index (κ1) is 42.5. The van der Waals surface area contributed by atoms with Crippen molar-refractivity contribution in [3.8, 4) is 5.75 Å². The largest absolute Gasteiger partial charge is 0.496 e. The lowest BCUT2D eigenvalue weighted by atomic mass is 9.49. The summed E-state index contributed by atoms with van der Waals surface area (Å²) in [5, 5.41) is 13.1. The van der Waals surface area contributed by atoms with E-state index < -0.39 is 63.2 Å². The summed E-state index contributed by atoms with van der Waals surface area (Å²) in [6.07, 6.45) is 6.61. The predicted molar refractivity (Wildman–Crippen MR) is 235 cm³/mol. The Bertz CT molecular complexity index is 2470. The van der Waals surface area contributed by atoms with Gasteiger partial charge in [-0.3, -0.25) is 29.1 Å². The summed E-state index contributed by atoms with van der Waals surface area (Å²) in [5.41, 5.74) is -3.64. The van der Waals surface area contributed by atoms with Crippen LogP contribution in [0.3, 0.4) is 0 Å². The van der Waals surface area contributed by atoms with E-state index in [1.54, 1.807) is 18.9 Å². The molecule has 1 aromatic heterocycles. The van der Waals surface area contributed by atoms with Crippen molar-refractivity contribution in [1.82, 2.24) is 14.8 Å².